The van der Waals surface area contributed by atoms with Gasteiger partial charge < -0.3 is 24.4 Å². The molecule has 1 atom stereocenters. The number of rotatable bonds is 18. The van der Waals surface area contributed by atoms with Gasteiger partial charge in [0.25, 0.3) is 11.3 Å². The lowest BCUT2D eigenvalue weighted by Crippen LogP contribution is -2.32. The number of hydrogen-bond acceptors (Lipinski definition) is 11. The van der Waals surface area contributed by atoms with Crippen LogP contribution < -0.4 is 24.0 Å². The third kappa shape index (κ3) is 12.4. The van der Waals surface area contributed by atoms with Crippen LogP contribution in [0.25, 0.3) is 0 Å². The minimum atomic E-state index is -3.65. The van der Waals surface area contributed by atoms with Crippen molar-refractivity contribution < 1.29 is 41.0 Å². The van der Waals surface area contributed by atoms with Gasteiger partial charge >= 0.3 is 5.97 Å². The number of anilines is 3. The van der Waals surface area contributed by atoms with Gasteiger partial charge in [-0.25, -0.2) is 12.6 Å². The van der Waals surface area contributed by atoms with Crippen molar-refractivity contribution in [2.75, 3.05) is 40.4 Å². The molecule has 0 aliphatic heterocycles. The van der Waals surface area contributed by atoms with Crippen LogP contribution in [0.3, 0.4) is 0 Å². The van der Waals surface area contributed by atoms with Crippen molar-refractivity contribution in [3.63, 3.8) is 0 Å². The fourth-order valence-corrected chi connectivity index (χ4v) is 7.66. The largest absolute Gasteiger partial charge is 0.491 e. The number of sulfone groups is 1. The summed E-state index contributed by atoms with van der Waals surface area (Å²) in [6.07, 6.45) is 4.52. The Kier molecular flexibility index (Phi) is 14.4. The summed E-state index contributed by atoms with van der Waals surface area (Å²) in [5.74, 6) is -0.605. The van der Waals surface area contributed by atoms with Crippen molar-refractivity contribution >= 4 is 50.0 Å². The Morgan fingerprint density at radius 1 is 0.912 bits per heavy atom. The van der Waals surface area contributed by atoms with E-state index in [9.17, 15) is 32.0 Å². The van der Waals surface area contributed by atoms with Crippen LogP contribution >= 0.6 is 0 Å². The van der Waals surface area contributed by atoms with Crippen molar-refractivity contribution in [2.45, 2.75) is 32.9 Å². The molecule has 16 heteroatoms. The normalized spacial score (nSPS) is 11.5. The van der Waals surface area contributed by atoms with Gasteiger partial charge in [-0.15, -0.1) is 0 Å². The Morgan fingerprint density at radius 2 is 1.58 bits per heavy atom. The second kappa shape index (κ2) is 19.5. The lowest BCUT2D eigenvalue weighted by Gasteiger charge is -2.30. The van der Waals surface area contributed by atoms with E-state index in [4.69, 9.17) is 9.47 Å². The van der Waals surface area contributed by atoms with Crippen molar-refractivity contribution in [1.29, 1.82) is 5.26 Å². The number of hydrogen-bond donors (Lipinski definition) is 2. The maximum absolute atomic E-state index is 12.5. The number of aromatic nitrogens is 1. The molecule has 1 unspecified atom stereocenters. The van der Waals surface area contributed by atoms with Crippen LogP contribution in [0.5, 0.6) is 17.2 Å². The van der Waals surface area contributed by atoms with Crippen LogP contribution in [-0.2, 0) is 54.9 Å². The molecule has 5 aromatic rings. The summed E-state index contributed by atoms with van der Waals surface area (Å²) in [4.78, 5) is 30.4. The highest BCUT2D eigenvalue weighted by Crippen LogP contribution is 2.35. The Labute approximate surface area is 334 Å². The zero-order chi connectivity index (χ0) is 41.0. The van der Waals surface area contributed by atoms with E-state index in [0.29, 0.717) is 64.9 Å². The van der Waals surface area contributed by atoms with Gasteiger partial charge in [0.2, 0.25) is 5.91 Å². The molecule has 0 fully saturated rings. The Hall–Kier alpha value is -6.28. The Bertz CT molecular complexity index is 2350. The lowest BCUT2D eigenvalue weighted by atomic mass is 10.1. The van der Waals surface area contributed by atoms with Gasteiger partial charge in [0.1, 0.15) is 29.5 Å². The van der Waals surface area contributed by atoms with Crippen molar-refractivity contribution in [1.82, 2.24) is 4.98 Å². The molecule has 296 valence electrons. The summed E-state index contributed by atoms with van der Waals surface area (Å²) >= 11 is -2.60. The zero-order valence-corrected chi connectivity index (χ0v) is 33.1. The average molecular weight is 812 g/mol. The second-order valence-electron chi connectivity index (χ2n) is 12.9. The highest BCUT2D eigenvalue weighted by atomic mass is 32.2. The van der Waals surface area contributed by atoms with Crippen LogP contribution in [0.1, 0.15) is 34.2 Å². The number of carbonyl (C=O) groups is 2. The van der Waals surface area contributed by atoms with Crippen LogP contribution in [0.4, 0.5) is 17.1 Å². The van der Waals surface area contributed by atoms with Crippen molar-refractivity contribution in [3.05, 3.63) is 137 Å². The third-order valence-corrected chi connectivity index (χ3v) is 10.1. The highest BCUT2D eigenvalue weighted by Gasteiger charge is 2.23. The molecule has 57 heavy (non-hydrogen) atoms. The minimum absolute atomic E-state index is 0.276. The van der Waals surface area contributed by atoms with Gasteiger partial charge in [0, 0.05) is 49.9 Å². The Balaban J connectivity index is 1.38. The van der Waals surface area contributed by atoms with Gasteiger partial charge in [-0.1, -0.05) is 36.4 Å². The number of ether oxygens (including phenoxy) is 3. The molecule has 14 nitrogen and oxygen atoms in total. The number of carbonyl (C=O) groups excluding carboxylic acids is 2. The summed E-state index contributed by atoms with van der Waals surface area (Å²) in [5.41, 5.74) is 5.23. The second-order valence-corrected chi connectivity index (χ2v) is 15.9. The summed E-state index contributed by atoms with van der Waals surface area (Å²) in [6.45, 7) is 2.82. The number of esters is 1. The quantitative estimate of drug-likeness (QED) is 0.0570. The third-order valence-electron chi connectivity index (χ3n) is 8.55. The number of pyridine rings is 1. The lowest BCUT2D eigenvalue weighted by molar-refractivity contribution is -0.142. The van der Waals surface area contributed by atoms with E-state index in [1.807, 2.05) is 42.5 Å². The molecule has 0 aliphatic carbocycles. The molecule has 0 spiro atoms. The molecule has 1 amide bonds. The number of nitriles is 1. The molecule has 0 saturated carbocycles. The van der Waals surface area contributed by atoms with Gasteiger partial charge in [-0.3, -0.25) is 23.4 Å². The Morgan fingerprint density at radius 3 is 2.19 bits per heavy atom. The van der Waals surface area contributed by atoms with Crippen LogP contribution in [0, 0.1) is 18.3 Å². The number of benzene rings is 4. The van der Waals surface area contributed by atoms with E-state index in [2.05, 4.69) is 26.0 Å². The molecular weight excluding hydrogens is 771 g/mol. The molecule has 1 aromatic heterocycles. The van der Waals surface area contributed by atoms with Crippen LogP contribution in [0.2, 0.25) is 0 Å². The number of methoxy groups -OCH3 is 1. The molecule has 0 bridgehead atoms. The fourth-order valence-electron chi connectivity index (χ4n) is 5.80. The van der Waals surface area contributed by atoms with Crippen molar-refractivity contribution in [2.24, 2.45) is 0 Å². The van der Waals surface area contributed by atoms with Crippen LogP contribution in [-0.4, -0.2) is 59.9 Å². The number of nitrogens with one attached hydrogen (secondary N) is 1. The number of nitrogens with zero attached hydrogens (tertiary/aromatic N) is 4. The predicted octanol–water partition coefficient (Wildman–Crippen LogP) is 6.33. The topological polar surface area (TPSA) is 188 Å². The smallest absolute Gasteiger partial charge is 0.315 e. The maximum atomic E-state index is 12.5. The van der Waals surface area contributed by atoms with E-state index >= 15 is 0 Å². The standard InChI is InChI=1S/C41H41N5O9S2/c1-29-37(7-4-8-38(29)46(56(49)50)28-57(3,51)52)45(26-32-11-9-30(24-42)10-12-32)27-33-13-15-34(16-14-33)55-35-17-18-36(44-40(47)23-41(48)53-2)39(22-35)54-21-19-31-6-5-20-43-25-31/h4-18,20,22,25H,19,21,23,26-28H2,1-3H3,(H,44,47)(H,49,50). The average Bonchev–Trinajstić information content (AvgIpc) is 3.19. The first kappa shape index (κ1) is 41.9. The maximum Gasteiger partial charge on any atom is 0.315 e. The van der Waals surface area contributed by atoms with E-state index in [1.54, 1.807) is 73.9 Å². The molecular formula is C41H41N5O9S2. The molecule has 4 aromatic carbocycles. The van der Waals surface area contributed by atoms with Crippen LogP contribution in [0.15, 0.2) is 109 Å². The number of amides is 1. The molecule has 1 heterocycles. The minimum Gasteiger partial charge on any atom is -0.491 e. The van der Waals surface area contributed by atoms with Gasteiger partial charge in [-0.05, 0) is 83.8 Å². The zero-order valence-electron chi connectivity index (χ0n) is 31.5. The van der Waals surface area contributed by atoms with E-state index < -0.39 is 45.3 Å². The first-order valence-corrected chi connectivity index (χ1v) is 20.6. The molecule has 5 rings (SSSR count). The SMILES string of the molecule is COC(=O)CC(=O)Nc1ccc(Oc2ccc(CN(Cc3ccc(C#N)cc3)c3cccc(N(CS(C)(=O)=O)S(=O)O)c3C)cc2)cc1OCCc1cccnc1. The van der Waals surface area contributed by atoms with Crippen molar-refractivity contribution in [3.8, 4) is 23.3 Å². The molecule has 2 N–H and O–H groups in total. The summed E-state index contributed by atoms with van der Waals surface area (Å²) in [7, 11) is -2.44. The fraction of sp³-hybridized carbons (Fsp3) is 0.220. The van der Waals surface area contributed by atoms with Gasteiger partial charge in [-0.2, -0.15) is 5.26 Å². The molecule has 0 saturated heterocycles. The van der Waals surface area contributed by atoms with Gasteiger partial charge in [0.05, 0.1) is 36.7 Å². The van der Waals surface area contributed by atoms with E-state index in [1.165, 1.54) is 7.11 Å². The monoisotopic (exact) mass is 811 g/mol. The first-order valence-electron chi connectivity index (χ1n) is 17.5. The predicted molar refractivity (Wildman–Crippen MR) is 217 cm³/mol. The summed E-state index contributed by atoms with van der Waals surface area (Å²) < 4.78 is 64.5. The van der Waals surface area contributed by atoms with E-state index in [-0.39, 0.29) is 6.61 Å². The highest BCUT2D eigenvalue weighted by molar-refractivity contribution is 7.92. The summed E-state index contributed by atoms with van der Waals surface area (Å²) in [5, 5.41) is 12.0. The molecule has 0 aliphatic rings. The van der Waals surface area contributed by atoms with E-state index in [0.717, 1.165) is 27.3 Å². The summed E-state index contributed by atoms with van der Waals surface area (Å²) in [6, 6.07) is 30.5. The van der Waals surface area contributed by atoms with Gasteiger partial charge in [0.15, 0.2) is 9.84 Å². The first-order chi connectivity index (χ1) is 27.3. The molecule has 0 radical (unpaired) electrons.